The molecule has 2 amide bonds. The molecule has 0 aliphatic heterocycles. The van der Waals surface area contributed by atoms with Crippen LogP contribution in [0.4, 0.5) is 5.69 Å². The molecule has 280 valence electrons. The van der Waals surface area contributed by atoms with E-state index in [4.69, 9.17) is 25.3 Å². The molecule has 3 heterocycles. The van der Waals surface area contributed by atoms with Crippen LogP contribution in [0.15, 0.2) is 24.5 Å². The highest BCUT2D eigenvalue weighted by molar-refractivity contribution is 6.76. The number of aryl methyl sites for hydroxylation is 1. The smallest absolute Gasteiger partial charge is 0.267 e. The number of methoxy groups -OCH3 is 1. The number of aromatic nitrogens is 5. The van der Waals surface area contributed by atoms with E-state index in [0.717, 1.165) is 67.4 Å². The lowest BCUT2D eigenvalue weighted by Crippen LogP contribution is -2.39. The van der Waals surface area contributed by atoms with Crippen LogP contribution in [-0.2, 0) is 34.0 Å². The highest BCUT2D eigenvalue weighted by atomic mass is 28.3. The zero-order valence-electron chi connectivity index (χ0n) is 31.9. The molecule has 12 heteroatoms. The largest absolute Gasteiger partial charge is 0.383 e. The second kappa shape index (κ2) is 17.9. The zero-order valence-corrected chi connectivity index (χ0v) is 32.9. The molecule has 2 fully saturated rings. The maximum Gasteiger partial charge on any atom is 0.267 e. The minimum absolute atomic E-state index is 0.0876. The van der Waals surface area contributed by atoms with Crippen molar-refractivity contribution in [2.45, 2.75) is 129 Å². The van der Waals surface area contributed by atoms with Crippen LogP contribution in [0.25, 0.3) is 11.3 Å². The van der Waals surface area contributed by atoms with E-state index in [-0.39, 0.29) is 11.8 Å². The summed E-state index contributed by atoms with van der Waals surface area (Å²) in [5.41, 5.74) is 11.4. The Morgan fingerprint density at radius 3 is 2.20 bits per heavy atom. The number of rotatable bonds is 17. The molecule has 0 spiro atoms. The molecular formula is C39H61N7O4Si. The number of pyridine rings is 1. The van der Waals surface area contributed by atoms with E-state index in [1.54, 1.807) is 24.2 Å². The van der Waals surface area contributed by atoms with Crippen molar-refractivity contribution in [1.29, 1.82) is 0 Å². The van der Waals surface area contributed by atoms with Crippen molar-refractivity contribution < 1.29 is 19.1 Å². The Kier molecular flexibility index (Phi) is 13.7. The average molecular weight is 720 g/mol. The molecule has 0 radical (unpaired) electrons. The van der Waals surface area contributed by atoms with Crippen molar-refractivity contribution in [2.75, 3.05) is 25.6 Å². The number of nitrogens with zero attached hydrogens (tertiary/aromatic N) is 5. The molecular weight excluding hydrogens is 659 g/mol. The summed E-state index contributed by atoms with van der Waals surface area (Å²) in [7, 11) is 0.438. The van der Waals surface area contributed by atoms with Crippen molar-refractivity contribution in [3.8, 4) is 11.3 Å². The maximum absolute atomic E-state index is 14.8. The lowest BCUT2D eigenvalue weighted by atomic mass is 9.63. The predicted molar refractivity (Wildman–Crippen MR) is 204 cm³/mol. The minimum atomic E-state index is -1.18. The number of carbonyl (C=O) groups excluding carboxylic acids is 2. The first-order valence-electron chi connectivity index (χ1n) is 19.3. The molecule has 3 aromatic heterocycles. The van der Waals surface area contributed by atoms with Crippen LogP contribution >= 0.6 is 0 Å². The second-order valence-electron chi connectivity index (χ2n) is 15.9. The van der Waals surface area contributed by atoms with E-state index in [9.17, 15) is 9.59 Å². The maximum atomic E-state index is 14.8. The van der Waals surface area contributed by atoms with Crippen LogP contribution in [0.1, 0.15) is 104 Å². The van der Waals surface area contributed by atoms with Crippen molar-refractivity contribution in [3.63, 3.8) is 0 Å². The number of hydrogen-bond acceptors (Lipinski definition) is 7. The Bertz CT molecular complexity index is 1570. The number of amides is 2. The van der Waals surface area contributed by atoms with Gasteiger partial charge in [-0.15, -0.1) is 0 Å². The van der Waals surface area contributed by atoms with Crippen LogP contribution in [-0.4, -0.2) is 64.8 Å². The molecule has 2 saturated carbocycles. The first-order chi connectivity index (χ1) is 24.5. The zero-order chi connectivity index (χ0) is 36.5. The number of hydrogen-bond donors (Lipinski definition) is 2. The number of anilines is 1. The average Bonchev–Trinajstić information content (AvgIpc) is 3.68. The normalized spacial score (nSPS) is 16.8. The summed E-state index contributed by atoms with van der Waals surface area (Å²) in [6.45, 7) is 13.1. The third kappa shape index (κ3) is 9.75. The highest BCUT2D eigenvalue weighted by Crippen LogP contribution is 2.48. The first-order valence-corrected chi connectivity index (χ1v) is 23.0. The lowest BCUT2D eigenvalue weighted by molar-refractivity contribution is -0.120. The first kappa shape index (κ1) is 38.9. The molecule has 0 aromatic carbocycles. The summed E-state index contributed by atoms with van der Waals surface area (Å²) in [5, 5.41) is 12.6. The van der Waals surface area contributed by atoms with Crippen LogP contribution in [0.3, 0.4) is 0 Å². The number of primary amides is 1. The van der Waals surface area contributed by atoms with Gasteiger partial charge < -0.3 is 20.5 Å². The van der Waals surface area contributed by atoms with Crippen molar-refractivity contribution >= 4 is 25.6 Å². The Hall–Kier alpha value is -3.35. The van der Waals surface area contributed by atoms with Crippen molar-refractivity contribution in [1.82, 2.24) is 24.5 Å². The molecule has 5 rings (SSSR count). The minimum Gasteiger partial charge on any atom is -0.383 e. The molecule has 1 atom stereocenters. The third-order valence-corrected chi connectivity index (χ3v) is 12.8. The van der Waals surface area contributed by atoms with Gasteiger partial charge in [0.05, 0.1) is 54.2 Å². The van der Waals surface area contributed by atoms with Gasteiger partial charge in [0.15, 0.2) is 0 Å². The molecule has 0 saturated heterocycles. The molecule has 2 aliphatic rings. The quantitative estimate of drug-likeness (QED) is 0.108. The van der Waals surface area contributed by atoms with Gasteiger partial charge in [0.1, 0.15) is 12.4 Å². The highest BCUT2D eigenvalue weighted by Gasteiger charge is 2.43. The topological polar surface area (TPSA) is 139 Å². The fourth-order valence-corrected chi connectivity index (χ4v) is 9.29. The number of nitrogens with one attached hydrogen (secondary N) is 1. The van der Waals surface area contributed by atoms with E-state index in [0.29, 0.717) is 48.7 Å². The molecule has 3 aromatic rings. The standard InChI is InChI=1S/C39H61N7O4Si/c1-7-33-34(27(2)44-46(33)26-50-22-23-51(4,5)6)32-19-18-30(24-41-32)43-39(48)36(31-25-42-45(20-21-49-3)37(31)38(40)47)35(28-14-10-8-11-15-28)29-16-12-9-13-17-29/h18-19,24-25,28-29,35-36H,7-17,20-23,26H2,1-6H3,(H2,40,47)(H,43,48)/t36-/m1/s1. The summed E-state index contributed by atoms with van der Waals surface area (Å²) < 4.78 is 14.9. The van der Waals surface area contributed by atoms with Crippen LogP contribution in [0.5, 0.6) is 0 Å². The van der Waals surface area contributed by atoms with Gasteiger partial charge in [-0.25, -0.2) is 4.68 Å². The Morgan fingerprint density at radius 2 is 1.65 bits per heavy atom. The fourth-order valence-electron chi connectivity index (χ4n) is 8.53. The molecule has 2 aliphatic carbocycles. The van der Waals surface area contributed by atoms with E-state index in [1.165, 1.54) is 38.5 Å². The van der Waals surface area contributed by atoms with Crippen LogP contribution in [0, 0.1) is 24.7 Å². The van der Waals surface area contributed by atoms with Gasteiger partial charge in [0.25, 0.3) is 5.91 Å². The summed E-state index contributed by atoms with van der Waals surface area (Å²) in [5.74, 6) is -0.390. The molecule has 51 heavy (non-hydrogen) atoms. The second-order valence-corrected chi connectivity index (χ2v) is 21.5. The number of carbonyl (C=O) groups is 2. The fraction of sp³-hybridized carbons (Fsp3) is 0.667. The van der Waals surface area contributed by atoms with E-state index < -0.39 is 19.9 Å². The van der Waals surface area contributed by atoms with Crippen molar-refractivity contribution in [3.05, 3.63) is 47.2 Å². The number of ether oxygens (including phenoxy) is 2. The summed E-state index contributed by atoms with van der Waals surface area (Å²) in [4.78, 5) is 32.7. The number of nitrogens with two attached hydrogens (primary N) is 1. The van der Waals surface area contributed by atoms with Gasteiger partial charge in [0.2, 0.25) is 5.91 Å². The van der Waals surface area contributed by atoms with Gasteiger partial charge in [-0.3, -0.25) is 19.3 Å². The lowest BCUT2D eigenvalue weighted by Gasteiger charge is -2.42. The van der Waals surface area contributed by atoms with E-state index in [1.807, 2.05) is 23.7 Å². The molecule has 3 N–H and O–H groups in total. The van der Waals surface area contributed by atoms with E-state index in [2.05, 4.69) is 37.0 Å². The summed E-state index contributed by atoms with van der Waals surface area (Å²) in [6, 6.07) is 4.99. The Morgan fingerprint density at radius 1 is 0.980 bits per heavy atom. The van der Waals surface area contributed by atoms with Gasteiger partial charge in [0, 0.05) is 32.9 Å². The summed E-state index contributed by atoms with van der Waals surface area (Å²) in [6.07, 6.45) is 15.8. The molecule has 0 unspecified atom stereocenters. The van der Waals surface area contributed by atoms with Gasteiger partial charge in [-0.1, -0.05) is 90.8 Å². The summed E-state index contributed by atoms with van der Waals surface area (Å²) >= 11 is 0. The monoisotopic (exact) mass is 719 g/mol. The predicted octanol–water partition coefficient (Wildman–Crippen LogP) is 7.57. The van der Waals surface area contributed by atoms with Crippen LogP contribution in [0.2, 0.25) is 25.7 Å². The molecule has 0 bridgehead atoms. The third-order valence-electron chi connectivity index (χ3n) is 11.1. The van der Waals surface area contributed by atoms with Crippen molar-refractivity contribution in [2.24, 2.45) is 23.5 Å². The van der Waals surface area contributed by atoms with Gasteiger partial charge in [-0.05, 0) is 49.3 Å². The van der Waals surface area contributed by atoms with Gasteiger partial charge in [-0.2, -0.15) is 10.2 Å². The molecule has 11 nitrogen and oxygen atoms in total. The van der Waals surface area contributed by atoms with Crippen LogP contribution < -0.4 is 11.1 Å². The van der Waals surface area contributed by atoms with Gasteiger partial charge >= 0.3 is 0 Å². The Labute approximate surface area is 305 Å². The SMILES string of the molecule is CCc1c(-c2ccc(NC(=O)[C@H](c3cnn(CCOC)c3C(N)=O)C(C3CCCCC3)C3CCCCC3)cn2)c(C)nn1COCC[Si](C)(C)C. The van der Waals surface area contributed by atoms with E-state index >= 15 is 0 Å². The Balaban J connectivity index is 1.45.